The van der Waals surface area contributed by atoms with Crippen molar-refractivity contribution >= 4 is 38.7 Å². The molecule has 2 aromatic carbocycles. The summed E-state index contributed by atoms with van der Waals surface area (Å²) < 4.78 is 35.7. The standard InChI is InChI=1S/C21H24N4O5S/c1-13(12-29-2)22-15-5-8-17(9-6-15)31(27,28)30-16-7-10-18-19(11-16)24-21(23-18)25-20(26)14-3-4-14/h5-11,13-14,22H,3-4,12H2,1-2H3,(H2,23,24,25,26). The summed E-state index contributed by atoms with van der Waals surface area (Å²) in [6.45, 7) is 2.50. The molecule has 0 bridgehead atoms. The predicted octanol–water partition coefficient (Wildman–Crippen LogP) is 3.13. The number of imidazole rings is 1. The predicted molar refractivity (Wildman–Crippen MR) is 117 cm³/mol. The maximum atomic E-state index is 12.7. The molecule has 3 N–H and O–H groups in total. The number of hydrogen-bond acceptors (Lipinski definition) is 7. The van der Waals surface area contributed by atoms with Crippen molar-refractivity contribution in [3.63, 3.8) is 0 Å². The molecule has 0 aliphatic heterocycles. The number of hydrogen-bond donors (Lipinski definition) is 3. The third-order valence-corrected chi connectivity index (χ3v) is 6.08. The molecule has 4 rings (SSSR count). The summed E-state index contributed by atoms with van der Waals surface area (Å²) in [5.74, 6) is 0.461. The minimum Gasteiger partial charge on any atom is -0.383 e. The second-order valence-corrected chi connectivity index (χ2v) is 9.14. The van der Waals surface area contributed by atoms with E-state index in [4.69, 9.17) is 8.92 Å². The number of carbonyl (C=O) groups excluding carboxylic acids is 1. The SMILES string of the molecule is COCC(C)Nc1ccc(S(=O)(=O)Oc2ccc3[nH]c(NC(=O)C4CC4)nc3c2)cc1. The molecule has 10 heteroatoms. The lowest BCUT2D eigenvalue weighted by Gasteiger charge is -2.14. The Bertz CT molecular complexity index is 1190. The van der Waals surface area contributed by atoms with Gasteiger partial charge in [0.15, 0.2) is 0 Å². The molecule has 164 valence electrons. The Morgan fingerprint density at radius 1 is 1.23 bits per heavy atom. The van der Waals surface area contributed by atoms with Gasteiger partial charge in [0.2, 0.25) is 11.9 Å². The highest BCUT2D eigenvalue weighted by Crippen LogP contribution is 2.30. The van der Waals surface area contributed by atoms with Crippen molar-refractivity contribution in [1.82, 2.24) is 9.97 Å². The van der Waals surface area contributed by atoms with E-state index in [2.05, 4.69) is 20.6 Å². The highest BCUT2D eigenvalue weighted by molar-refractivity contribution is 7.87. The summed E-state index contributed by atoms with van der Waals surface area (Å²) in [4.78, 5) is 19.2. The number of aromatic nitrogens is 2. The molecule has 1 amide bonds. The van der Waals surface area contributed by atoms with E-state index < -0.39 is 10.1 Å². The topological polar surface area (TPSA) is 122 Å². The fourth-order valence-corrected chi connectivity index (χ4v) is 4.05. The van der Waals surface area contributed by atoms with Gasteiger partial charge >= 0.3 is 10.1 Å². The van der Waals surface area contributed by atoms with E-state index in [0.717, 1.165) is 18.5 Å². The number of carbonyl (C=O) groups is 1. The zero-order valence-corrected chi connectivity index (χ0v) is 18.0. The molecular formula is C21H24N4O5S. The Morgan fingerprint density at radius 3 is 2.65 bits per heavy atom. The highest BCUT2D eigenvalue weighted by atomic mass is 32.2. The van der Waals surface area contributed by atoms with Gasteiger partial charge in [0.05, 0.1) is 17.6 Å². The fourth-order valence-electron chi connectivity index (χ4n) is 3.13. The number of H-pyrrole nitrogens is 1. The van der Waals surface area contributed by atoms with Crippen molar-refractivity contribution in [3.8, 4) is 5.75 Å². The molecular weight excluding hydrogens is 420 g/mol. The third kappa shape index (κ3) is 5.15. The van der Waals surface area contributed by atoms with Crippen molar-refractivity contribution in [1.29, 1.82) is 0 Å². The van der Waals surface area contributed by atoms with Crippen LogP contribution >= 0.6 is 0 Å². The smallest absolute Gasteiger partial charge is 0.339 e. The average Bonchev–Trinajstić information content (AvgIpc) is 3.49. The Morgan fingerprint density at radius 2 is 1.97 bits per heavy atom. The Labute approximate surface area is 180 Å². The number of fused-ring (bicyclic) bond motifs is 1. The Kier molecular flexibility index (Phi) is 5.84. The molecule has 1 saturated carbocycles. The number of nitrogens with zero attached hydrogens (tertiary/aromatic N) is 1. The van der Waals surface area contributed by atoms with Crippen LogP contribution < -0.4 is 14.8 Å². The molecule has 1 unspecified atom stereocenters. The van der Waals surface area contributed by atoms with Crippen molar-refractivity contribution in [2.45, 2.75) is 30.7 Å². The zero-order valence-electron chi connectivity index (χ0n) is 17.2. The van der Waals surface area contributed by atoms with Gasteiger partial charge in [-0.05, 0) is 56.2 Å². The highest BCUT2D eigenvalue weighted by Gasteiger charge is 2.30. The summed E-state index contributed by atoms with van der Waals surface area (Å²) in [7, 11) is -2.39. The van der Waals surface area contributed by atoms with Crippen LogP contribution in [0, 0.1) is 5.92 Å². The number of ether oxygens (including phenoxy) is 1. The number of nitrogens with one attached hydrogen (secondary N) is 3. The minimum absolute atomic E-state index is 0.0388. The average molecular weight is 445 g/mol. The van der Waals surface area contributed by atoms with E-state index in [9.17, 15) is 13.2 Å². The summed E-state index contributed by atoms with van der Waals surface area (Å²) in [6, 6.07) is 11.1. The second kappa shape index (κ2) is 8.56. The Balaban J connectivity index is 1.46. The monoisotopic (exact) mass is 444 g/mol. The quantitative estimate of drug-likeness (QED) is 0.433. The lowest BCUT2D eigenvalue weighted by Crippen LogP contribution is -2.20. The lowest BCUT2D eigenvalue weighted by molar-refractivity contribution is -0.117. The number of benzene rings is 2. The molecule has 0 saturated heterocycles. The van der Waals surface area contributed by atoms with Crippen molar-refractivity contribution in [2.24, 2.45) is 5.92 Å². The fraction of sp³-hybridized carbons (Fsp3) is 0.333. The van der Waals surface area contributed by atoms with Crippen LogP contribution in [-0.4, -0.2) is 44.1 Å². The van der Waals surface area contributed by atoms with Crippen molar-refractivity contribution in [3.05, 3.63) is 42.5 Å². The van der Waals surface area contributed by atoms with Crippen LogP contribution in [0.2, 0.25) is 0 Å². The summed E-state index contributed by atoms with van der Waals surface area (Å²) >= 11 is 0. The maximum Gasteiger partial charge on any atom is 0.339 e. The van der Waals surface area contributed by atoms with Crippen LogP contribution in [0.5, 0.6) is 5.75 Å². The molecule has 1 aromatic heterocycles. The van der Waals surface area contributed by atoms with E-state index >= 15 is 0 Å². The summed E-state index contributed by atoms with van der Waals surface area (Å²) in [6.07, 6.45) is 1.79. The summed E-state index contributed by atoms with van der Waals surface area (Å²) in [5, 5.41) is 5.95. The van der Waals surface area contributed by atoms with Gasteiger partial charge in [-0.15, -0.1) is 0 Å². The molecule has 0 radical (unpaired) electrons. The van der Waals surface area contributed by atoms with Crippen molar-refractivity contribution in [2.75, 3.05) is 24.4 Å². The molecule has 1 fully saturated rings. The minimum atomic E-state index is -4.01. The normalized spacial score (nSPS) is 14.9. The number of rotatable bonds is 9. The first-order valence-electron chi connectivity index (χ1n) is 9.95. The van der Waals surface area contributed by atoms with Crippen LogP contribution in [0.1, 0.15) is 19.8 Å². The zero-order chi connectivity index (χ0) is 22.0. The van der Waals surface area contributed by atoms with Crippen LogP contribution in [0.3, 0.4) is 0 Å². The number of methoxy groups -OCH3 is 1. The molecule has 1 atom stereocenters. The van der Waals surface area contributed by atoms with E-state index in [1.807, 2.05) is 6.92 Å². The molecule has 1 aliphatic carbocycles. The van der Waals surface area contributed by atoms with Gasteiger partial charge in [-0.2, -0.15) is 8.42 Å². The molecule has 9 nitrogen and oxygen atoms in total. The van der Waals surface area contributed by atoms with Crippen LogP contribution in [0.4, 0.5) is 11.6 Å². The second-order valence-electron chi connectivity index (χ2n) is 7.59. The lowest BCUT2D eigenvalue weighted by atomic mass is 10.3. The first-order valence-corrected chi connectivity index (χ1v) is 11.4. The van der Waals surface area contributed by atoms with Gasteiger partial charge in [0, 0.05) is 30.8 Å². The first kappa shape index (κ1) is 21.1. The summed E-state index contributed by atoms with van der Waals surface area (Å²) in [5.41, 5.74) is 1.93. The van der Waals surface area contributed by atoms with Crippen molar-refractivity contribution < 1.29 is 22.1 Å². The molecule has 1 heterocycles. The van der Waals surface area contributed by atoms with Gasteiger partial charge in [-0.1, -0.05) is 0 Å². The van der Waals surface area contributed by atoms with E-state index in [1.54, 1.807) is 25.3 Å². The number of aromatic amines is 1. The van der Waals surface area contributed by atoms with Crippen LogP contribution in [0.25, 0.3) is 11.0 Å². The number of amides is 1. The number of anilines is 2. The van der Waals surface area contributed by atoms with Gasteiger partial charge in [0.1, 0.15) is 10.6 Å². The molecule has 1 aliphatic rings. The molecule has 0 spiro atoms. The Hall–Kier alpha value is -3.11. The third-order valence-electron chi connectivity index (χ3n) is 4.82. The van der Waals surface area contributed by atoms with Gasteiger partial charge < -0.3 is 19.2 Å². The van der Waals surface area contributed by atoms with Gasteiger partial charge in [-0.25, -0.2) is 4.98 Å². The van der Waals surface area contributed by atoms with Crippen LogP contribution in [0.15, 0.2) is 47.4 Å². The van der Waals surface area contributed by atoms with Gasteiger partial charge in [0.25, 0.3) is 0 Å². The van der Waals surface area contributed by atoms with E-state index in [-0.39, 0.29) is 28.5 Å². The molecule has 31 heavy (non-hydrogen) atoms. The largest absolute Gasteiger partial charge is 0.383 e. The van der Waals surface area contributed by atoms with Crippen LogP contribution in [-0.2, 0) is 19.6 Å². The van der Waals surface area contributed by atoms with Gasteiger partial charge in [-0.3, -0.25) is 10.1 Å². The maximum absolute atomic E-state index is 12.7. The van der Waals surface area contributed by atoms with E-state index in [1.165, 1.54) is 24.3 Å². The van der Waals surface area contributed by atoms with E-state index in [0.29, 0.717) is 23.6 Å². The first-order chi connectivity index (χ1) is 14.8. The molecule has 3 aromatic rings.